The predicted molar refractivity (Wildman–Crippen MR) is 169 cm³/mol. The van der Waals surface area contributed by atoms with E-state index >= 15 is 0 Å². The first-order chi connectivity index (χ1) is 19.6. The predicted octanol–water partition coefficient (Wildman–Crippen LogP) is 8.68. The van der Waals surface area contributed by atoms with E-state index in [1.807, 2.05) is 24.3 Å². The molecule has 1 aromatic carbocycles. The Hall–Kier alpha value is -1.59. The molecule has 5 heteroatoms. The average Bonchev–Trinajstić information content (AvgIpc) is 2.98. The Bertz CT molecular complexity index is 702. The van der Waals surface area contributed by atoms with Crippen molar-refractivity contribution in [3.05, 3.63) is 29.8 Å². The van der Waals surface area contributed by atoms with Crippen LogP contribution in [0.5, 0.6) is 5.75 Å². The summed E-state index contributed by atoms with van der Waals surface area (Å²) in [7, 11) is 0. The number of carbonyl (C=O) groups excluding carboxylic acids is 1. The molecule has 0 radical (unpaired) electrons. The van der Waals surface area contributed by atoms with Crippen LogP contribution in [-0.2, 0) is 11.2 Å². The van der Waals surface area contributed by atoms with E-state index in [-0.39, 0.29) is 19.1 Å². The van der Waals surface area contributed by atoms with Crippen LogP contribution in [0.15, 0.2) is 24.3 Å². The number of hydrogen-bond donors (Lipinski definition) is 3. The summed E-state index contributed by atoms with van der Waals surface area (Å²) in [6.07, 6.45) is 25.7. The van der Waals surface area contributed by atoms with E-state index in [9.17, 15) is 15.0 Å². The van der Waals surface area contributed by atoms with Gasteiger partial charge in [-0.25, -0.2) is 0 Å². The van der Waals surface area contributed by atoms with E-state index < -0.39 is 5.54 Å². The van der Waals surface area contributed by atoms with Gasteiger partial charge in [0.25, 0.3) is 0 Å². The Morgan fingerprint density at radius 2 is 1.12 bits per heavy atom. The number of rotatable bonds is 28. The van der Waals surface area contributed by atoms with Crippen LogP contribution >= 0.6 is 0 Å². The summed E-state index contributed by atoms with van der Waals surface area (Å²) in [5, 5.41) is 23.0. The highest BCUT2D eigenvalue weighted by Gasteiger charge is 2.30. The Kier molecular flexibility index (Phi) is 22.9. The third-order valence-corrected chi connectivity index (χ3v) is 8.10. The molecule has 232 valence electrons. The largest absolute Gasteiger partial charge is 0.494 e. The molecule has 1 aromatic rings. The summed E-state index contributed by atoms with van der Waals surface area (Å²) in [5.41, 5.74) is 0.114. The SMILES string of the molecule is CCCCCCCCCCCCCCCCC(=O)NC(CO)(CO)CCc1ccc(OCCCCCCC)cc1. The van der Waals surface area contributed by atoms with Crippen molar-refractivity contribution in [2.45, 2.75) is 161 Å². The highest BCUT2D eigenvalue weighted by molar-refractivity contribution is 5.76. The minimum absolute atomic E-state index is 0.0790. The maximum Gasteiger partial charge on any atom is 0.220 e. The van der Waals surface area contributed by atoms with Gasteiger partial charge in [0.2, 0.25) is 5.91 Å². The molecule has 5 nitrogen and oxygen atoms in total. The van der Waals surface area contributed by atoms with E-state index in [4.69, 9.17) is 4.74 Å². The first kappa shape index (κ1) is 36.4. The molecule has 40 heavy (non-hydrogen) atoms. The number of amides is 1. The lowest BCUT2D eigenvalue weighted by Gasteiger charge is -2.31. The Labute approximate surface area is 246 Å². The quantitative estimate of drug-likeness (QED) is 0.0894. The minimum atomic E-state index is -0.985. The second-order valence-corrected chi connectivity index (χ2v) is 11.9. The van der Waals surface area contributed by atoms with Gasteiger partial charge in [0.15, 0.2) is 0 Å². The molecule has 1 rings (SSSR count). The van der Waals surface area contributed by atoms with Crippen LogP contribution in [0, 0.1) is 0 Å². The van der Waals surface area contributed by atoms with E-state index in [2.05, 4.69) is 19.2 Å². The molecule has 0 aliphatic heterocycles. The molecule has 0 bridgehead atoms. The third-order valence-electron chi connectivity index (χ3n) is 8.10. The second kappa shape index (κ2) is 25.1. The zero-order chi connectivity index (χ0) is 29.2. The molecule has 3 N–H and O–H groups in total. The van der Waals surface area contributed by atoms with Crippen LogP contribution in [-0.4, -0.2) is 41.5 Å². The molecular formula is C35H63NO4. The first-order valence-corrected chi connectivity index (χ1v) is 16.8. The van der Waals surface area contributed by atoms with Gasteiger partial charge in [-0.05, 0) is 43.4 Å². The average molecular weight is 562 g/mol. The number of benzene rings is 1. The van der Waals surface area contributed by atoms with Crippen LogP contribution in [0.3, 0.4) is 0 Å². The molecule has 0 aromatic heterocycles. The topological polar surface area (TPSA) is 78.8 Å². The summed E-state index contributed by atoms with van der Waals surface area (Å²) in [6, 6.07) is 8.02. The molecule has 0 unspecified atom stereocenters. The first-order valence-electron chi connectivity index (χ1n) is 16.8. The third kappa shape index (κ3) is 18.7. The van der Waals surface area contributed by atoms with Crippen LogP contribution in [0.25, 0.3) is 0 Å². The monoisotopic (exact) mass is 561 g/mol. The second-order valence-electron chi connectivity index (χ2n) is 11.9. The highest BCUT2D eigenvalue weighted by atomic mass is 16.5. The number of aryl methyl sites for hydroxylation is 1. The van der Waals surface area contributed by atoms with Crippen molar-refractivity contribution in [1.29, 1.82) is 0 Å². The molecule has 0 saturated heterocycles. The summed E-state index contributed by atoms with van der Waals surface area (Å²) >= 11 is 0. The number of aliphatic hydroxyl groups excluding tert-OH is 2. The lowest BCUT2D eigenvalue weighted by Crippen LogP contribution is -2.54. The molecule has 0 aliphatic rings. The van der Waals surface area contributed by atoms with Crippen molar-refractivity contribution < 1.29 is 19.7 Å². The summed E-state index contributed by atoms with van der Waals surface area (Å²) in [5.74, 6) is 0.793. The van der Waals surface area contributed by atoms with Gasteiger partial charge in [0, 0.05) is 6.42 Å². The lowest BCUT2D eigenvalue weighted by atomic mass is 9.92. The molecule has 0 fully saturated rings. The standard InChI is InChI=1S/C35H63NO4/c1-3-5-7-9-10-11-12-13-14-15-16-17-18-20-22-34(39)36-35(30-37,31-38)28-27-32-23-25-33(26-24-32)40-29-21-19-8-6-4-2/h23-26,37-38H,3-22,27-31H2,1-2H3,(H,36,39). The van der Waals surface area contributed by atoms with Crippen molar-refractivity contribution in [3.8, 4) is 5.75 Å². The van der Waals surface area contributed by atoms with Crippen molar-refractivity contribution in [2.24, 2.45) is 0 Å². The fraction of sp³-hybridized carbons (Fsp3) is 0.800. The molecule has 0 spiro atoms. The van der Waals surface area contributed by atoms with E-state index in [1.54, 1.807) is 0 Å². The highest BCUT2D eigenvalue weighted by Crippen LogP contribution is 2.19. The number of ether oxygens (including phenoxy) is 1. The van der Waals surface area contributed by atoms with Gasteiger partial charge in [0.05, 0.1) is 25.4 Å². The van der Waals surface area contributed by atoms with E-state index in [0.29, 0.717) is 19.3 Å². The molecule has 0 aliphatic carbocycles. The van der Waals surface area contributed by atoms with Crippen molar-refractivity contribution in [3.63, 3.8) is 0 Å². The van der Waals surface area contributed by atoms with Crippen LogP contribution in [0.1, 0.15) is 154 Å². The van der Waals surface area contributed by atoms with E-state index in [0.717, 1.165) is 37.2 Å². The molecule has 0 atom stereocenters. The maximum atomic E-state index is 12.6. The van der Waals surface area contributed by atoms with Gasteiger partial charge in [-0.3, -0.25) is 4.79 Å². The zero-order valence-corrected chi connectivity index (χ0v) is 26.2. The molecule has 1 amide bonds. The fourth-order valence-corrected chi connectivity index (χ4v) is 5.22. The van der Waals surface area contributed by atoms with Crippen molar-refractivity contribution in [2.75, 3.05) is 19.8 Å². The Morgan fingerprint density at radius 1 is 0.675 bits per heavy atom. The number of hydrogen-bond acceptors (Lipinski definition) is 4. The Morgan fingerprint density at radius 3 is 1.60 bits per heavy atom. The number of aliphatic hydroxyl groups is 2. The van der Waals surface area contributed by atoms with Gasteiger partial charge in [-0.1, -0.05) is 135 Å². The summed E-state index contributed by atoms with van der Waals surface area (Å²) < 4.78 is 5.85. The summed E-state index contributed by atoms with van der Waals surface area (Å²) in [4.78, 5) is 12.6. The summed E-state index contributed by atoms with van der Waals surface area (Å²) in [6.45, 7) is 4.69. The Balaban J connectivity index is 2.17. The van der Waals surface area contributed by atoms with Crippen LogP contribution in [0.2, 0.25) is 0 Å². The number of carbonyl (C=O) groups is 1. The van der Waals surface area contributed by atoms with Gasteiger partial charge in [-0.15, -0.1) is 0 Å². The normalized spacial score (nSPS) is 11.6. The smallest absolute Gasteiger partial charge is 0.220 e. The van der Waals surface area contributed by atoms with E-state index in [1.165, 1.54) is 103 Å². The van der Waals surface area contributed by atoms with Crippen molar-refractivity contribution in [1.82, 2.24) is 5.32 Å². The molecule has 0 saturated carbocycles. The number of unbranched alkanes of at least 4 members (excludes halogenated alkanes) is 17. The van der Waals surface area contributed by atoms with Crippen LogP contribution in [0.4, 0.5) is 0 Å². The van der Waals surface area contributed by atoms with Gasteiger partial charge < -0.3 is 20.3 Å². The molecular weight excluding hydrogens is 498 g/mol. The maximum absolute atomic E-state index is 12.6. The zero-order valence-electron chi connectivity index (χ0n) is 26.2. The van der Waals surface area contributed by atoms with Crippen LogP contribution < -0.4 is 10.1 Å². The van der Waals surface area contributed by atoms with Gasteiger partial charge in [-0.2, -0.15) is 0 Å². The van der Waals surface area contributed by atoms with Crippen molar-refractivity contribution >= 4 is 5.91 Å². The molecule has 0 heterocycles. The number of nitrogens with one attached hydrogen (secondary N) is 1. The fourth-order valence-electron chi connectivity index (χ4n) is 5.22. The minimum Gasteiger partial charge on any atom is -0.494 e. The lowest BCUT2D eigenvalue weighted by molar-refractivity contribution is -0.124. The van der Waals surface area contributed by atoms with Gasteiger partial charge >= 0.3 is 0 Å². The van der Waals surface area contributed by atoms with Gasteiger partial charge in [0.1, 0.15) is 5.75 Å².